The van der Waals surface area contributed by atoms with Crippen molar-refractivity contribution < 1.29 is 9.53 Å². The summed E-state index contributed by atoms with van der Waals surface area (Å²) < 4.78 is 5.60. The van der Waals surface area contributed by atoms with Gasteiger partial charge in [-0.1, -0.05) is 42.5 Å². The van der Waals surface area contributed by atoms with E-state index < -0.39 is 0 Å². The zero-order valence-corrected chi connectivity index (χ0v) is 13.9. The maximum absolute atomic E-state index is 11.9. The number of nitrogens with one attached hydrogen (secondary N) is 1. The van der Waals surface area contributed by atoms with Gasteiger partial charge in [0.05, 0.1) is 6.10 Å². The number of rotatable bonds is 8. The Morgan fingerprint density at radius 3 is 2.35 bits per heavy atom. The summed E-state index contributed by atoms with van der Waals surface area (Å²) in [4.78, 5) is 11.9. The molecule has 3 nitrogen and oxygen atoms in total. The Kier molecular flexibility index (Phi) is 6.67. The topological polar surface area (TPSA) is 38.3 Å². The summed E-state index contributed by atoms with van der Waals surface area (Å²) in [6.45, 7) is 4.57. The Morgan fingerprint density at radius 1 is 1.00 bits per heavy atom. The minimum atomic E-state index is 0.100. The lowest BCUT2D eigenvalue weighted by Crippen LogP contribution is -2.22. The van der Waals surface area contributed by atoms with Gasteiger partial charge in [-0.15, -0.1) is 0 Å². The highest BCUT2D eigenvalue weighted by atomic mass is 16.5. The highest BCUT2D eigenvalue weighted by Crippen LogP contribution is 2.13. The second kappa shape index (κ2) is 8.99. The molecule has 122 valence electrons. The number of aryl methyl sites for hydroxylation is 1. The van der Waals surface area contributed by atoms with Crippen LogP contribution in [0.15, 0.2) is 54.6 Å². The number of carbonyl (C=O) groups excluding carboxylic acids is 1. The Labute approximate surface area is 138 Å². The quantitative estimate of drug-likeness (QED) is 0.796. The van der Waals surface area contributed by atoms with Crippen molar-refractivity contribution in [2.45, 2.75) is 45.8 Å². The molecule has 0 atom stereocenters. The molecule has 0 aliphatic heterocycles. The van der Waals surface area contributed by atoms with Gasteiger partial charge in [-0.05, 0) is 49.9 Å². The largest absolute Gasteiger partial charge is 0.491 e. The molecular formula is C20H25NO2. The first-order chi connectivity index (χ1) is 11.1. The molecule has 0 fully saturated rings. The summed E-state index contributed by atoms with van der Waals surface area (Å²) in [6, 6.07) is 18.1. The number of hydrogen-bond acceptors (Lipinski definition) is 2. The summed E-state index contributed by atoms with van der Waals surface area (Å²) in [6.07, 6.45) is 2.54. The molecule has 0 spiro atoms. The van der Waals surface area contributed by atoms with E-state index in [0.717, 1.165) is 24.2 Å². The molecule has 0 aromatic heterocycles. The van der Waals surface area contributed by atoms with Crippen LogP contribution in [0.3, 0.4) is 0 Å². The second-order valence-corrected chi connectivity index (χ2v) is 5.93. The van der Waals surface area contributed by atoms with Crippen molar-refractivity contribution >= 4 is 5.91 Å². The van der Waals surface area contributed by atoms with Gasteiger partial charge >= 0.3 is 0 Å². The molecule has 0 bridgehead atoms. The Bertz CT molecular complexity index is 591. The monoisotopic (exact) mass is 311 g/mol. The van der Waals surface area contributed by atoms with E-state index in [1.165, 1.54) is 5.56 Å². The lowest BCUT2D eigenvalue weighted by atomic mass is 10.1. The molecule has 0 heterocycles. The van der Waals surface area contributed by atoms with E-state index in [0.29, 0.717) is 13.0 Å². The molecule has 1 amide bonds. The summed E-state index contributed by atoms with van der Waals surface area (Å²) >= 11 is 0. The summed E-state index contributed by atoms with van der Waals surface area (Å²) in [5.74, 6) is 0.960. The third kappa shape index (κ3) is 6.55. The summed E-state index contributed by atoms with van der Waals surface area (Å²) in [5.41, 5.74) is 2.36. The van der Waals surface area contributed by atoms with Crippen molar-refractivity contribution in [2.75, 3.05) is 0 Å². The van der Waals surface area contributed by atoms with Crippen molar-refractivity contribution in [2.24, 2.45) is 0 Å². The molecule has 1 N–H and O–H groups in total. The molecule has 2 aromatic rings. The van der Waals surface area contributed by atoms with Crippen LogP contribution in [0.25, 0.3) is 0 Å². The van der Waals surface area contributed by atoms with Crippen LogP contribution in [0.2, 0.25) is 0 Å². The van der Waals surface area contributed by atoms with Crippen LogP contribution in [0.4, 0.5) is 0 Å². The van der Waals surface area contributed by atoms with Crippen LogP contribution in [0, 0.1) is 0 Å². The molecule has 2 aromatic carbocycles. The van der Waals surface area contributed by atoms with E-state index in [9.17, 15) is 4.79 Å². The standard InChI is InChI=1S/C20H25NO2/c1-16(2)23-19-13-11-18(12-14-19)15-21-20(22)10-6-9-17-7-4-3-5-8-17/h3-5,7-8,11-14,16H,6,9-10,15H2,1-2H3,(H,21,22). The van der Waals surface area contributed by atoms with Crippen molar-refractivity contribution in [3.8, 4) is 5.75 Å². The van der Waals surface area contributed by atoms with E-state index in [1.54, 1.807) is 0 Å². The van der Waals surface area contributed by atoms with Gasteiger partial charge in [-0.2, -0.15) is 0 Å². The molecule has 23 heavy (non-hydrogen) atoms. The average Bonchev–Trinajstić information content (AvgIpc) is 2.55. The van der Waals surface area contributed by atoms with Crippen molar-refractivity contribution in [1.82, 2.24) is 5.32 Å². The summed E-state index contributed by atoms with van der Waals surface area (Å²) in [7, 11) is 0. The highest BCUT2D eigenvalue weighted by Gasteiger charge is 2.03. The molecule has 0 saturated heterocycles. The van der Waals surface area contributed by atoms with Gasteiger partial charge in [0.1, 0.15) is 5.75 Å². The minimum Gasteiger partial charge on any atom is -0.491 e. The first-order valence-electron chi connectivity index (χ1n) is 8.19. The van der Waals surface area contributed by atoms with Gasteiger partial charge in [0.25, 0.3) is 0 Å². The van der Waals surface area contributed by atoms with Gasteiger partial charge in [0.2, 0.25) is 5.91 Å². The SMILES string of the molecule is CC(C)Oc1ccc(CNC(=O)CCCc2ccccc2)cc1. The van der Waals surface area contributed by atoms with Gasteiger partial charge in [0.15, 0.2) is 0 Å². The van der Waals surface area contributed by atoms with Crippen LogP contribution >= 0.6 is 0 Å². The van der Waals surface area contributed by atoms with E-state index in [-0.39, 0.29) is 12.0 Å². The Morgan fingerprint density at radius 2 is 1.70 bits per heavy atom. The van der Waals surface area contributed by atoms with Crippen molar-refractivity contribution in [3.63, 3.8) is 0 Å². The maximum Gasteiger partial charge on any atom is 0.220 e. The number of ether oxygens (including phenoxy) is 1. The first-order valence-corrected chi connectivity index (χ1v) is 8.19. The number of hydrogen-bond donors (Lipinski definition) is 1. The van der Waals surface area contributed by atoms with E-state index in [4.69, 9.17) is 4.74 Å². The van der Waals surface area contributed by atoms with Crippen LogP contribution in [-0.2, 0) is 17.8 Å². The first kappa shape index (κ1) is 17.1. The Hall–Kier alpha value is -2.29. The van der Waals surface area contributed by atoms with Crippen LogP contribution in [0.1, 0.15) is 37.8 Å². The fourth-order valence-corrected chi connectivity index (χ4v) is 2.34. The lowest BCUT2D eigenvalue weighted by Gasteiger charge is -2.10. The fourth-order valence-electron chi connectivity index (χ4n) is 2.34. The molecule has 0 unspecified atom stereocenters. The predicted octanol–water partition coefficient (Wildman–Crippen LogP) is 4.11. The molecular weight excluding hydrogens is 286 g/mol. The van der Waals surface area contributed by atoms with E-state index in [2.05, 4.69) is 17.4 Å². The van der Waals surface area contributed by atoms with Gasteiger partial charge in [0, 0.05) is 13.0 Å². The number of amides is 1. The molecule has 3 heteroatoms. The number of carbonyl (C=O) groups is 1. The maximum atomic E-state index is 11.9. The molecule has 0 radical (unpaired) electrons. The van der Waals surface area contributed by atoms with Crippen LogP contribution in [0.5, 0.6) is 5.75 Å². The van der Waals surface area contributed by atoms with Crippen molar-refractivity contribution in [1.29, 1.82) is 0 Å². The highest BCUT2D eigenvalue weighted by molar-refractivity contribution is 5.75. The van der Waals surface area contributed by atoms with Gasteiger partial charge in [-0.3, -0.25) is 4.79 Å². The smallest absolute Gasteiger partial charge is 0.220 e. The molecule has 0 saturated carbocycles. The third-order valence-corrected chi connectivity index (χ3v) is 3.50. The normalized spacial score (nSPS) is 10.6. The Balaban J connectivity index is 1.67. The lowest BCUT2D eigenvalue weighted by molar-refractivity contribution is -0.121. The van der Waals surface area contributed by atoms with E-state index >= 15 is 0 Å². The van der Waals surface area contributed by atoms with Gasteiger partial charge < -0.3 is 10.1 Å². The summed E-state index contributed by atoms with van der Waals surface area (Å²) in [5, 5.41) is 2.97. The van der Waals surface area contributed by atoms with Crippen LogP contribution in [-0.4, -0.2) is 12.0 Å². The van der Waals surface area contributed by atoms with E-state index in [1.807, 2.05) is 56.3 Å². The minimum absolute atomic E-state index is 0.100. The average molecular weight is 311 g/mol. The number of benzene rings is 2. The molecule has 0 aliphatic carbocycles. The second-order valence-electron chi connectivity index (χ2n) is 5.93. The predicted molar refractivity (Wildman–Crippen MR) is 93.4 cm³/mol. The van der Waals surface area contributed by atoms with Crippen molar-refractivity contribution in [3.05, 3.63) is 65.7 Å². The fraction of sp³-hybridized carbons (Fsp3) is 0.350. The van der Waals surface area contributed by atoms with Crippen LogP contribution < -0.4 is 10.1 Å². The third-order valence-electron chi connectivity index (χ3n) is 3.50. The zero-order valence-electron chi connectivity index (χ0n) is 13.9. The molecule has 2 rings (SSSR count). The zero-order chi connectivity index (χ0) is 16.5. The van der Waals surface area contributed by atoms with Gasteiger partial charge in [-0.25, -0.2) is 0 Å². The molecule has 0 aliphatic rings.